The number of hydrogen-bond donors (Lipinski definition) is 0. The minimum Gasteiger partial charge on any atom is -0.485 e. The highest BCUT2D eigenvalue weighted by atomic mass is 16.5. The number of carbonyl (C=O) groups is 1. The molecule has 1 spiro atoms. The second-order valence-corrected chi connectivity index (χ2v) is 7.90. The molecule has 0 radical (unpaired) electrons. The van der Waals surface area contributed by atoms with Gasteiger partial charge in [0.2, 0.25) is 0 Å². The van der Waals surface area contributed by atoms with E-state index >= 15 is 0 Å². The van der Waals surface area contributed by atoms with Gasteiger partial charge in [0.05, 0.1) is 25.5 Å². The van der Waals surface area contributed by atoms with Crippen LogP contribution in [-0.4, -0.2) is 45.9 Å². The van der Waals surface area contributed by atoms with Gasteiger partial charge in [-0.2, -0.15) is 5.10 Å². The van der Waals surface area contributed by atoms with E-state index in [4.69, 9.17) is 9.47 Å². The molecule has 2 aliphatic rings. The highest BCUT2D eigenvalue weighted by Gasteiger charge is 2.41. The molecule has 1 saturated heterocycles. The molecule has 0 bridgehead atoms. The third-order valence-electron chi connectivity index (χ3n) is 5.54. The van der Waals surface area contributed by atoms with E-state index in [2.05, 4.69) is 18.9 Å². The Balaban J connectivity index is 1.69. The second-order valence-electron chi connectivity index (χ2n) is 7.90. The van der Waals surface area contributed by atoms with E-state index in [1.807, 2.05) is 42.3 Å². The summed E-state index contributed by atoms with van der Waals surface area (Å²) in [5, 5.41) is 4.52. The van der Waals surface area contributed by atoms with Crippen LogP contribution in [0.4, 0.5) is 0 Å². The number of para-hydroxylation sites is 1. The number of carbonyl (C=O) groups excluding carboxylic acids is 1. The second kappa shape index (κ2) is 7.00. The summed E-state index contributed by atoms with van der Waals surface area (Å²) in [5.74, 6) is 1.17. The van der Waals surface area contributed by atoms with Gasteiger partial charge < -0.3 is 14.4 Å². The zero-order chi connectivity index (χ0) is 19.0. The monoisotopic (exact) mass is 369 g/mol. The molecule has 0 N–H and O–H groups in total. The molecular weight excluding hydrogens is 342 g/mol. The predicted molar refractivity (Wildman–Crippen MR) is 102 cm³/mol. The molecule has 0 aliphatic carbocycles. The van der Waals surface area contributed by atoms with Crippen LogP contribution < -0.4 is 4.74 Å². The lowest BCUT2D eigenvalue weighted by atomic mass is 9.93. The van der Waals surface area contributed by atoms with Crippen LogP contribution in [0.25, 0.3) is 0 Å². The zero-order valence-electron chi connectivity index (χ0n) is 16.3. The van der Waals surface area contributed by atoms with Gasteiger partial charge in [0.1, 0.15) is 17.0 Å². The molecule has 0 atom stereocenters. The summed E-state index contributed by atoms with van der Waals surface area (Å²) >= 11 is 0. The molecule has 6 nitrogen and oxygen atoms in total. The molecule has 144 valence electrons. The normalized spacial score (nSPS) is 18.9. The van der Waals surface area contributed by atoms with Crippen LogP contribution in [0.5, 0.6) is 5.75 Å². The summed E-state index contributed by atoms with van der Waals surface area (Å²) in [4.78, 5) is 15.3. The standard InChI is InChI=1S/C21H27N3O3/c1-15(2)17-12-18(23(3)22-17)20(25)24-13-16-6-4-5-7-19(16)27-21(14-24)8-10-26-11-9-21/h4-7,12,15H,8-11,13-14H2,1-3H3. The summed E-state index contributed by atoms with van der Waals surface area (Å²) < 4.78 is 13.7. The number of benzene rings is 1. The van der Waals surface area contributed by atoms with Gasteiger partial charge >= 0.3 is 0 Å². The maximum absolute atomic E-state index is 13.4. The van der Waals surface area contributed by atoms with Gasteiger partial charge in [-0.25, -0.2) is 0 Å². The molecule has 0 saturated carbocycles. The average molecular weight is 369 g/mol. The molecule has 4 rings (SSSR count). The van der Waals surface area contributed by atoms with E-state index in [1.165, 1.54) is 0 Å². The number of fused-ring (bicyclic) bond motifs is 1. The van der Waals surface area contributed by atoms with Crippen molar-refractivity contribution in [2.75, 3.05) is 19.8 Å². The molecule has 1 aromatic carbocycles. The molecule has 3 heterocycles. The first-order valence-corrected chi connectivity index (χ1v) is 9.65. The van der Waals surface area contributed by atoms with Crippen molar-refractivity contribution in [3.63, 3.8) is 0 Å². The number of rotatable bonds is 2. The van der Waals surface area contributed by atoms with E-state index < -0.39 is 0 Å². The molecule has 2 aliphatic heterocycles. The molecule has 1 fully saturated rings. The largest absolute Gasteiger partial charge is 0.485 e. The third-order valence-corrected chi connectivity index (χ3v) is 5.54. The van der Waals surface area contributed by atoms with Crippen LogP contribution in [0.1, 0.15) is 54.4 Å². The van der Waals surface area contributed by atoms with Gasteiger partial charge in [0, 0.05) is 32.0 Å². The van der Waals surface area contributed by atoms with Crippen molar-refractivity contribution in [1.82, 2.24) is 14.7 Å². The lowest BCUT2D eigenvalue weighted by molar-refractivity contribution is -0.0551. The summed E-state index contributed by atoms with van der Waals surface area (Å²) in [6.07, 6.45) is 1.57. The van der Waals surface area contributed by atoms with Gasteiger partial charge in [0.15, 0.2) is 0 Å². The number of ether oxygens (including phenoxy) is 2. The van der Waals surface area contributed by atoms with Crippen molar-refractivity contribution in [2.45, 2.75) is 44.8 Å². The fourth-order valence-electron chi connectivity index (χ4n) is 3.89. The Morgan fingerprint density at radius 2 is 1.96 bits per heavy atom. The van der Waals surface area contributed by atoms with Crippen LogP contribution in [-0.2, 0) is 18.3 Å². The van der Waals surface area contributed by atoms with Crippen molar-refractivity contribution in [3.05, 3.63) is 47.3 Å². The van der Waals surface area contributed by atoms with Crippen molar-refractivity contribution in [1.29, 1.82) is 0 Å². The van der Waals surface area contributed by atoms with Crippen molar-refractivity contribution in [3.8, 4) is 5.75 Å². The Hall–Kier alpha value is -2.34. The topological polar surface area (TPSA) is 56.6 Å². The van der Waals surface area contributed by atoms with E-state index in [-0.39, 0.29) is 17.4 Å². The lowest BCUT2D eigenvalue weighted by Crippen LogP contribution is -2.51. The Morgan fingerprint density at radius 1 is 1.22 bits per heavy atom. The first kappa shape index (κ1) is 18.0. The highest BCUT2D eigenvalue weighted by molar-refractivity contribution is 5.93. The quantitative estimate of drug-likeness (QED) is 0.816. The van der Waals surface area contributed by atoms with E-state index in [9.17, 15) is 4.79 Å². The van der Waals surface area contributed by atoms with Gasteiger partial charge in [-0.05, 0) is 18.1 Å². The van der Waals surface area contributed by atoms with Crippen LogP contribution in [0.2, 0.25) is 0 Å². The SMILES string of the molecule is CC(C)c1cc(C(=O)N2Cc3ccccc3OC3(CCOCC3)C2)n(C)n1. The molecule has 1 amide bonds. The number of amides is 1. The lowest BCUT2D eigenvalue weighted by Gasteiger charge is -2.38. The fourth-order valence-corrected chi connectivity index (χ4v) is 3.89. The van der Waals surface area contributed by atoms with Crippen LogP contribution in [0, 0.1) is 0 Å². The summed E-state index contributed by atoms with van der Waals surface area (Å²) in [6, 6.07) is 9.94. The van der Waals surface area contributed by atoms with Crippen molar-refractivity contribution < 1.29 is 14.3 Å². The maximum Gasteiger partial charge on any atom is 0.272 e. The first-order valence-electron chi connectivity index (χ1n) is 9.65. The van der Waals surface area contributed by atoms with Crippen LogP contribution in [0.3, 0.4) is 0 Å². The number of nitrogens with zero attached hydrogens (tertiary/aromatic N) is 3. The molecule has 1 aromatic heterocycles. The number of aromatic nitrogens is 2. The summed E-state index contributed by atoms with van der Waals surface area (Å²) in [7, 11) is 1.84. The Kier molecular flexibility index (Phi) is 4.68. The number of aryl methyl sites for hydroxylation is 1. The molecule has 6 heteroatoms. The summed E-state index contributed by atoms with van der Waals surface area (Å²) in [5.41, 5.74) is 2.22. The van der Waals surface area contributed by atoms with E-state index in [0.29, 0.717) is 32.0 Å². The van der Waals surface area contributed by atoms with Crippen LogP contribution >= 0.6 is 0 Å². The van der Waals surface area contributed by atoms with E-state index in [0.717, 1.165) is 29.8 Å². The first-order chi connectivity index (χ1) is 13.0. The third kappa shape index (κ3) is 3.46. The Morgan fingerprint density at radius 3 is 2.67 bits per heavy atom. The van der Waals surface area contributed by atoms with Crippen LogP contribution in [0.15, 0.2) is 30.3 Å². The van der Waals surface area contributed by atoms with Gasteiger partial charge in [-0.1, -0.05) is 32.0 Å². The smallest absolute Gasteiger partial charge is 0.272 e. The molecular formula is C21H27N3O3. The molecule has 27 heavy (non-hydrogen) atoms. The maximum atomic E-state index is 13.4. The van der Waals surface area contributed by atoms with Crippen molar-refractivity contribution in [2.24, 2.45) is 7.05 Å². The zero-order valence-corrected chi connectivity index (χ0v) is 16.3. The average Bonchev–Trinajstić information content (AvgIpc) is 2.97. The van der Waals surface area contributed by atoms with Crippen molar-refractivity contribution >= 4 is 5.91 Å². The number of hydrogen-bond acceptors (Lipinski definition) is 4. The van der Waals surface area contributed by atoms with Gasteiger partial charge in [-0.15, -0.1) is 0 Å². The minimum atomic E-state index is -0.389. The Labute approximate surface area is 160 Å². The minimum absolute atomic E-state index is 0.00284. The van der Waals surface area contributed by atoms with Gasteiger partial charge in [0.25, 0.3) is 5.91 Å². The Bertz CT molecular complexity index is 837. The highest BCUT2D eigenvalue weighted by Crippen LogP contribution is 2.35. The molecule has 0 unspecified atom stereocenters. The fraction of sp³-hybridized carbons (Fsp3) is 0.524. The molecule has 2 aromatic rings. The summed E-state index contributed by atoms with van der Waals surface area (Å²) in [6.45, 7) is 6.60. The van der Waals surface area contributed by atoms with E-state index in [1.54, 1.807) is 4.68 Å². The predicted octanol–water partition coefficient (Wildman–Crippen LogP) is 3.13. The van der Waals surface area contributed by atoms with Gasteiger partial charge in [-0.3, -0.25) is 9.48 Å².